The molecule has 1 unspecified atom stereocenters. The molecule has 2 N–H and O–H groups in total. The lowest BCUT2D eigenvalue weighted by atomic mass is 9.84. The first-order valence-electron chi connectivity index (χ1n) is 10.9. The van der Waals surface area contributed by atoms with Gasteiger partial charge in [0, 0.05) is 37.5 Å². The molecule has 31 heavy (non-hydrogen) atoms. The van der Waals surface area contributed by atoms with Gasteiger partial charge < -0.3 is 19.7 Å². The second-order valence-corrected chi connectivity index (χ2v) is 9.65. The maximum atomic E-state index is 12.3. The first kappa shape index (κ1) is 21.5. The number of aromatic amines is 1. The maximum Gasteiger partial charge on any atom is 0.410 e. The molecule has 0 radical (unpaired) electrons. The topological polar surface area (TPSA) is 105 Å². The van der Waals surface area contributed by atoms with Gasteiger partial charge in [0.25, 0.3) is 0 Å². The summed E-state index contributed by atoms with van der Waals surface area (Å²) >= 11 is 0. The van der Waals surface area contributed by atoms with E-state index in [0.29, 0.717) is 25.6 Å². The molecule has 168 valence electrons. The summed E-state index contributed by atoms with van der Waals surface area (Å²) in [5, 5.41) is 10.3. The van der Waals surface area contributed by atoms with E-state index in [1.807, 2.05) is 39.8 Å². The van der Waals surface area contributed by atoms with Gasteiger partial charge in [-0.05, 0) is 58.9 Å². The summed E-state index contributed by atoms with van der Waals surface area (Å²) in [4.78, 5) is 23.2. The Morgan fingerprint density at radius 2 is 2.13 bits per heavy atom. The standard InChI is InChI=1S/C22H32N6O3/c1-15-11-19(27-26-15)25-17-5-8-23-18(24-17)12-16-13-22(30-14-16)6-9-28(10-7-22)20(29)31-21(2,3)4/h5,8,11,16H,6-7,9-10,12-14H2,1-4H3,(H2,23,24,25,26,27). The number of likely N-dealkylation sites (tertiary alicyclic amines) is 1. The molecule has 2 aromatic rings. The minimum absolute atomic E-state index is 0.147. The zero-order valence-electron chi connectivity index (χ0n) is 18.8. The van der Waals surface area contributed by atoms with Gasteiger partial charge in [0.2, 0.25) is 0 Å². The Morgan fingerprint density at radius 1 is 1.35 bits per heavy atom. The molecule has 0 aromatic carbocycles. The first-order valence-corrected chi connectivity index (χ1v) is 10.9. The first-order chi connectivity index (χ1) is 14.7. The van der Waals surface area contributed by atoms with Gasteiger partial charge in [0.05, 0.1) is 12.2 Å². The number of hydrogen-bond donors (Lipinski definition) is 2. The van der Waals surface area contributed by atoms with Gasteiger partial charge in [-0.3, -0.25) is 5.10 Å². The number of amides is 1. The Morgan fingerprint density at radius 3 is 2.81 bits per heavy atom. The molecule has 0 bridgehead atoms. The van der Waals surface area contributed by atoms with E-state index in [0.717, 1.165) is 48.8 Å². The number of piperidine rings is 1. The Balaban J connectivity index is 1.30. The highest BCUT2D eigenvalue weighted by Gasteiger charge is 2.44. The molecule has 1 spiro atoms. The highest BCUT2D eigenvalue weighted by molar-refractivity contribution is 5.68. The van der Waals surface area contributed by atoms with E-state index < -0.39 is 5.60 Å². The summed E-state index contributed by atoms with van der Waals surface area (Å²) in [5.74, 6) is 2.64. The zero-order chi connectivity index (χ0) is 22.1. The molecule has 2 saturated heterocycles. The average Bonchev–Trinajstić information content (AvgIpc) is 3.27. The van der Waals surface area contributed by atoms with Gasteiger partial charge >= 0.3 is 6.09 Å². The number of carbonyl (C=O) groups excluding carboxylic acids is 1. The van der Waals surface area contributed by atoms with E-state index in [4.69, 9.17) is 9.47 Å². The van der Waals surface area contributed by atoms with Crippen molar-refractivity contribution in [1.82, 2.24) is 25.1 Å². The quantitative estimate of drug-likeness (QED) is 0.766. The fraction of sp³-hybridized carbons (Fsp3) is 0.636. The fourth-order valence-electron chi connectivity index (χ4n) is 4.28. The number of carbonyl (C=O) groups is 1. The third-order valence-electron chi connectivity index (χ3n) is 5.75. The second-order valence-electron chi connectivity index (χ2n) is 9.65. The van der Waals surface area contributed by atoms with Crippen LogP contribution in [-0.4, -0.2) is 62.1 Å². The Bertz CT molecular complexity index is 914. The van der Waals surface area contributed by atoms with Crippen molar-refractivity contribution in [1.29, 1.82) is 0 Å². The summed E-state index contributed by atoms with van der Waals surface area (Å²) in [6.45, 7) is 9.67. The van der Waals surface area contributed by atoms with Crippen LogP contribution in [0.2, 0.25) is 0 Å². The van der Waals surface area contributed by atoms with Gasteiger partial charge in [-0.25, -0.2) is 14.8 Å². The third-order valence-corrected chi connectivity index (χ3v) is 5.75. The lowest BCUT2D eigenvalue weighted by molar-refractivity contribution is -0.0487. The maximum absolute atomic E-state index is 12.3. The number of rotatable bonds is 4. The number of nitrogens with zero attached hydrogens (tertiary/aromatic N) is 4. The van der Waals surface area contributed by atoms with Crippen LogP contribution in [0, 0.1) is 12.8 Å². The van der Waals surface area contributed by atoms with E-state index in [2.05, 4.69) is 25.5 Å². The number of aryl methyl sites for hydroxylation is 1. The summed E-state index contributed by atoms with van der Waals surface area (Å²) in [7, 11) is 0. The van der Waals surface area contributed by atoms with Crippen molar-refractivity contribution < 1.29 is 14.3 Å². The van der Waals surface area contributed by atoms with Crippen LogP contribution >= 0.6 is 0 Å². The molecule has 2 aromatic heterocycles. The van der Waals surface area contributed by atoms with E-state index in [1.54, 1.807) is 11.1 Å². The van der Waals surface area contributed by atoms with Gasteiger partial charge in [0.1, 0.15) is 17.2 Å². The number of anilines is 2. The minimum atomic E-state index is -0.472. The molecule has 2 fully saturated rings. The van der Waals surface area contributed by atoms with Gasteiger partial charge in [0.15, 0.2) is 5.82 Å². The fourth-order valence-corrected chi connectivity index (χ4v) is 4.28. The van der Waals surface area contributed by atoms with Crippen molar-refractivity contribution in [3.63, 3.8) is 0 Å². The Labute approximate surface area is 182 Å². The molecule has 2 aliphatic rings. The highest BCUT2D eigenvalue weighted by atomic mass is 16.6. The molecule has 9 nitrogen and oxygen atoms in total. The van der Waals surface area contributed by atoms with Gasteiger partial charge in [-0.1, -0.05) is 0 Å². The van der Waals surface area contributed by atoms with Crippen molar-refractivity contribution in [3.05, 3.63) is 29.8 Å². The molecular formula is C22H32N6O3. The molecule has 1 atom stereocenters. The number of hydrogen-bond acceptors (Lipinski definition) is 7. The van der Waals surface area contributed by atoms with Gasteiger partial charge in [-0.15, -0.1) is 0 Å². The van der Waals surface area contributed by atoms with Crippen LogP contribution in [0.5, 0.6) is 0 Å². The molecule has 2 aliphatic heterocycles. The van der Waals surface area contributed by atoms with Crippen LogP contribution < -0.4 is 5.32 Å². The number of ether oxygens (including phenoxy) is 2. The lowest BCUT2D eigenvalue weighted by Gasteiger charge is -2.39. The summed E-state index contributed by atoms with van der Waals surface area (Å²) < 4.78 is 11.8. The molecule has 4 rings (SSSR count). The van der Waals surface area contributed by atoms with Crippen LogP contribution in [0.1, 0.15) is 51.6 Å². The molecule has 1 amide bonds. The highest BCUT2D eigenvalue weighted by Crippen LogP contribution is 2.39. The van der Waals surface area contributed by atoms with Crippen molar-refractivity contribution >= 4 is 17.7 Å². The number of nitrogens with one attached hydrogen (secondary N) is 2. The van der Waals surface area contributed by atoms with Crippen molar-refractivity contribution in [3.8, 4) is 0 Å². The normalized spacial score (nSPS) is 20.8. The van der Waals surface area contributed by atoms with Crippen LogP contribution in [0.15, 0.2) is 18.3 Å². The molecular weight excluding hydrogens is 396 g/mol. The predicted molar refractivity (Wildman–Crippen MR) is 116 cm³/mol. The summed E-state index contributed by atoms with van der Waals surface area (Å²) in [6.07, 6.45) is 4.95. The van der Waals surface area contributed by atoms with E-state index >= 15 is 0 Å². The van der Waals surface area contributed by atoms with Crippen molar-refractivity contribution in [2.75, 3.05) is 25.0 Å². The van der Waals surface area contributed by atoms with Crippen LogP contribution in [0.3, 0.4) is 0 Å². The largest absolute Gasteiger partial charge is 0.444 e. The summed E-state index contributed by atoms with van der Waals surface area (Å²) in [6, 6.07) is 3.77. The Kier molecular flexibility index (Phi) is 5.88. The van der Waals surface area contributed by atoms with Crippen LogP contribution in [-0.2, 0) is 15.9 Å². The number of aromatic nitrogens is 4. The van der Waals surface area contributed by atoms with Crippen LogP contribution in [0.4, 0.5) is 16.4 Å². The zero-order valence-corrected chi connectivity index (χ0v) is 18.8. The third kappa shape index (κ3) is 5.52. The minimum Gasteiger partial charge on any atom is -0.444 e. The molecule has 0 saturated carbocycles. The van der Waals surface area contributed by atoms with E-state index in [9.17, 15) is 4.79 Å². The average molecular weight is 429 g/mol. The van der Waals surface area contributed by atoms with E-state index in [-0.39, 0.29) is 11.7 Å². The monoisotopic (exact) mass is 428 g/mol. The SMILES string of the molecule is Cc1cc(Nc2ccnc(CC3COC4(CCN(C(=O)OC(C)(C)C)CC4)C3)n2)n[nH]1. The van der Waals surface area contributed by atoms with E-state index in [1.165, 1.54) is 0 Å². The molecule has 0 aliphatic carbocycles. The lowest BCUT2D eigenvalue weighted by Crippen LogP contribution is -2.47. The molecule has 9 heteroatoms. The smallest absolute Gasteiger partial charge is 0.410 e. The molecule has 4 heterocycles. The predicted octanol–water partition coefficient (Wildman–Crippen LogP) is 3.60. The second kappa shape index (κ2) is 8.45. The van der Waals surface area contributed by atoms with Crippen molar-refractivity contribution in [2.45, 2.75) is 64.6 Å². The van der Waals surface area contributed by atoms with Gasteiger partial charge in [-0.2, -0.15) is 5.10 Å². The Hall–Kier alpha value is -2.68. The number of H-pyrrole nitrogens is 1. The summed E-state index contributed by atoms with van der Waals surface area (Å²) in [5.41, 5.74) is 0.370. The van der Waals surface area contributed by atoms with Crippen molar-refractivity contribution in [2.24, 2.45) is 5.92 Å². The van der Waals surface area contributed by atoms with Crippen LogP contribution in [0.25, 0.3) is 0 Å².